The fourth-order valence-corrected chi connectivity index (χ4v) is 18.6. The number of halogens is 2. The summed E-state index contributed by atoms with van der Waals surface area (Å²) in [5.74, 6) is 0. The van der Waals surface area contributed by atoms with Crippen LogP contribution in [0.4, 0.5) is 0 Å². The van der Waals surface area contributed by atoms with Crippen molar-refractivity contribution in [3.8, 4) is 0 Å². The topological polar surface area (TPSA) is 0 Å². The standard InChI is InChI=1S/C12H24Cl2Si2/c1-9-10(8-12(2,3)4)16(13,14)11(9)15(5,6)7/h10H,8H2,1-7H3. The number of hydrogen-bond donors (Lipinski definition) is 0. The molecule has 0 amide bonds. The zero-order valence-electron chi connectivity index (χ0n) is 11.5. The van der Waals surface area contributed by atoms with Crippen molar-refractivity contribution in [1.29, 1.82) is 0 Å². The molecular formula is C12H24Cl2Si2. The Hall–Kier alpha value is 0.754. The highest BCUT2D eigenvalue weighted by Gasteiger charge is 2.56. The lowest BCUT2D eigenvalue weighted by Gasteiger charge is -2.49. The van der Waals surface area contributed by atoms with Crippen molar-refractivity contribution < 1.29 is 0 Å². The minimum Gasteiger partial charge on any atom is -0.140 e. The van der Waals surface area contributed by atoms with Crippen LogP contribution in [0.15, 0.2) is 10.4 Å². The summed E-state index contributed by atoms with van der Waals surface area (Å²) >= 11 is 13.4. The third-order valence-corrected chi connectivity index (χ3v) is 14.8. The van der Waals surface area contributed by atoms with Crippen LogP contribution in [0.3, 0.4) is 0 Å². The molecule has 1 aliphatic heterocycles. The first-order valence-electron chi connectivity index (χ1n) is 5.97. The van der Waals surface area contributed by atoms with Crippen LogP contribution in [-0.2, 0) is 0 Å². The van der Waals surface area contributed by atoms with Crippen LogP contribution in [0, 0.1) is 5.41 Å². The lowest BCUT2D eigenvalue weighted by atomic mass is 9.88. The van der Waals surface area contributed by atoms with E-state index in [0.717, 1.165) is 6.42 Å². The van der Waals surface area contributed by atoms with Gasteiger partial charge >= 0.3 is 0 Å². The van der Waals surface area contributed by atoms with Crippen LogP contribution >= 0.6 is 22.2 Å². The molecule has 1 atom stereocenters. The van der Waals surface area contributed by atoms with E-state index in [9.17, 15) is 0 Å². The predicted octanol–water partition coefficient (Wildman–Crippen LogP) is 5.46. The quantitative estimate of drug-likeness (QED) is 0.469. The Morgan fingerprint density at radius 3 is 1.88 bits per heavy atom. The van der Waals surface area contributed by atoms with Gasteiger partial charge in [-0.25, -0.2) is 0 Å². The summed E-state index contributed by atoms with van der Waals surface area (Å²) in [7, 11) is -1.31. The monoisotopic (exact) mass is 294 g/mol. The first kappa shape index (κ1) is 14.8. The summed E-state index contributed by atoms with van der Waals surface area (Å²) in [4.78, 5) is 1.50. The van der Waals surface area contributed by atoms with E-state index in [-0.39, 0.29) is 0 Å². The van der Waals surface area contributed by atoms with Crippen LogP contribution in [0.1, 0.15) is 34.1 Å². The highest BCUT2D eigenvalue weighted by molar-refractivity contribution is 7.54. The molecule has 0 fully saturated rings. The Morgan fingerprint density at radius 2 is 1.62 bits per heavy atom. The largest absolute Gasteiger partial charge is 0.280 e. The molecule has 94 valence electrons. The summed E-state index contributed by atoms with van der Waals surface area (Å²) in [5, 5.41) is 0. The van der Waals surface area contributed by atoms with Crippen molar-refractivity contribution in [3.05, 3.63) is 10.4 Å². The second-order valence-corrected chi connectivity index (χ2v) is 19.3. The van der Waals surface area contributed by atoms with Crippen LogP contribution in [0.25, 0.3) is 0 Å². The van der Waals surface area contributed by atoms with Crippen molar-refractivity contribution in [2.75, 3.05) is 0 Å². The van der Waals surface area contributed by atoms with Gasteiger partial charge in [0.2, 0.25) is 0 Å². The molecule has 0 aromatic rings. The molecule has 0 radical (unpaired) electrons. The fraction of sp³-hybridized carbons (Fsp3) is 0.833. The molecule has 0 aliphatic carbocycles. The van der Waals surface area contributed by atoms with Crippen LogP contribution in [0.2, 0.25) is 25.2 Å². The van der Waals surface area contributed by atoms with E-state index >= 15 is 0 Å². The minimum atomic E-state index is -2.13. The Labute approximate surface area is 112 Å². The Morgan fingerprint density at radius 1 is 1.19 bits per heavy atom. The van der Waals surface area contributed by atoms with Crippen molar-refractivity contribution in [2.24, 2.45) is 5.41 Å². The predicted molar refractivity (Wildman–Crippen MR) is 81.3 cm³/mol. The molecule has 0 saturated carbocycles. The maximum Gasteiger partial charge on any atom is 0.280 e. The van der Waals surface area contributed by atoms with Crippen molar-refractivity contribution in [1.82, 2.24) is 0 Å². The van der Waals surface area contributed by atoms with Crippen LogP contribution in [0.5, 0.6) is 0 Å². The van der Waals surface area contributed by atoms with E-state index in [2.05, 4.69) is 47.3 Å². The maximum absolute atomic E-state index is 6.70. The molecule has 1 unspecified atom stereocenters. The summed E-state index contributed by atoms with van der Waals surface area (Å²) < 4.78 is 0. The highest BCUT2D eigenvalue weighted by atomic mass is 35.7. The zero-order valence-corrected chi connectivity index (χ0v) is 15.1. The van der Waals surface area contributed by atoms with Gasteiger partial charge in [0.1, 0.15) is 0 Å². The average Bonchev–Trinajstić information content (AvgIpc) is 1.95. The van der Waals surface area contributed by atoms with Gasteiger partial charge in [0, 0.05) is 5.54 Å². The average molecular weight is 295 g/mol. The van der Waals surface area contributed by atoms with Crippen LogP contribution in [-0.4, -0.2) is 14.8 Å². The van der Waals surface area contributed by atoms with Gasteiger partial charge in [0.05, 0.1) is 8.07 Å². The van der Waals surface area contributed by atoms with E-state index in [1.165, 1.54) is 10.4 Å². The van der Waals surface area contributed by atoms with E-state index in [4.69, 9.17) is 22.2 Å². The van der Waals surface area contributed by atoms with Gasteiger partial charge in [-0.3, -0.25) is 0 Å². The molecule has 0 aromatic carbocycles. The smallest absolute Gasteiger partial charge is 0.140 e. The molecule has 1 heterocycles. The molecule has 0 bridgehead atoms. The number of rotatable bonds is 2. The summed E-state index contributed by atoms with van der Waals surface area (Å²) in [6.07, 6.45) is 1.13. The van der Waals surface area contributed by atoms with Gasteiger partial charge in [-0.2, -0.15) is 0 Å². The Balaban J connectivity index is 3.00. The normalized spacial score (nSPS) is 25.7. The van der Waals surface area contributed by atoms with E-state index in [1.54, 1.807) is 0 Å². The summed E-state index contributed by atoms with van der Waals surface area (Å²) in [6.45, 7) is 14.0. The molecule has 1 aliphatic rings. The molecule has 0 aromatic heterocycles. The van der Waals surface area contributed by atoms with Gasteiger partial charge < -0.3 is 0 Å². The van der Waals surface area contributed by atoms with Crippen molar-refractivity contribution in [3.63, 3.8) is 0 Å². The zero-order chi connectivity index (χ0) is 12.9. The molecular weight excluding hydrogens is 271 g/mol. The number of allylic oxidation sites excluding steroid dienone is 1. The van der Waals surface area contributed by atoms with Gasteiger partial charge in [-0.15, -0.1) is 22.2 Å². The van der Waals surface area contributed by atoms with Gasteiger partial charge in [-0.05, 0) is 18.8 Å². The first-order chi connectivity index (χ1) is 6.87. The van der Waals surface area contributed by atoms with Crippen LogP contribution < -0.4 is 0 Å². The third-order valence-electron chi connectivity index (χ3n) is 3.25. The Bertz CT molecular complexity index is 319. The maximum atomic E-state index is 6.70. The van der Waals surface area contributed by atoms with E-state index in [1.807, 2.05) is 0 Å². The van der Waals surface area contributed by atoms with Crippen molar-refractivity contribution >= 4 is 36.9 Å². The van der Waals surface area contributed by atoms with Gasteiger partial charge in [-0.1, -0.05) is 50.8 Å². The van der Waals surface area contributed by atoms with E-state index in [0.29, 0.717) is 11.0 Å². The summed E-state index contributed by atoms with van der Waals surface area (Å²) in [5.41, 5.74) is 2.32. The molecule has 0 nitrogen and oxygen atoms in total. The van der Waals surface area contributed by atoms with Gasteiger partial charge in [0.15, 0.2) is 0 Å². The lowest BCUT2D eigenvalue weighted by molar-refractivity contribution is 0.373. The fourth-order valence-electron chi connectivity index (χ4n) is 2.79. The number of hydrogen-bond acceptors (Lipinski definition) is 0. The highest BCUT2D eigenvalue weighted by Crippen LogP contribution is 2.58. The summed E-state index contributed by atoms with van der Waals surface area (Å²) in [6, 6.07) is 0. The SMILES string of the molecule is CC1=C([Si](C)(C)C)[Si](Cl)(Cl)C1CC(C)(C)C. The molecule has 0 saturated heterocycles. The lowest BCUT2D eigenvalue weighted by Crippen LogP contribution is -2.52. The molecule has 16 heavy (non-hydrogen) atoms. The minimum absolute atomic E-state index is 0.318. The third kappa shape index (κ3) is 2.77. The van der Waals surface area contributed by atoms with Crippen molar-refractivity contribution in [2.45, 2.75) is 59.3 Å². The first-order valence-corrected chi connectivity index (χ1v) is 13.6. The second kappa shape index (κ2) is 4.15. The second-order valence-electron chi connectivity index (χ2n) is 7.25. The molecule has 1 rings (SSSR count). The molecule has 4 heteroatoms. The van der Waals surface area contributed by atoms with Gasteiger partial charge in [0.25, 0.3) is 6.69 Å². The molecule has 0 N–H and O–H groups in total. The Kier molecular flexibility index (Phi) is 3.84. The molecule has 0 spiro atoms. The van der Waals surface area contributed by atoms with E-state index < -0.39 is 14.8 Å².